The van der Waals surface area contributed by atoms with E-state index >= 15 is 0 Å². The predicted molar refractivity (Wildman–Crippen MR) is 116 cm³/mol. The topological polar surface area (TPSA) is 97.1 Å². The number of benzene rings is 1. The van der Waals surface area contributed by atoms with Crippen molar-refractivity contribution in [3.05, 3.63) is 42.0 Å². The van der Waals surface area contributed by atoms with Crippen LogP contribution < -0.4 is 14.8 Å². The number of anilines is 1. The van der Waals surface area contributed by atoms with Crippen molar-refractivity contribution in [3.63, 3.8) is 0 Å². The fraction of sp³-hybridized carbons (Fsp3) is 0.300. The van der Waals surface area contributed by atoms with Crippen molar-refractivity contribution in [2.45, 2.75) is 19.0 Å². The molecule has 2 aromatic rings. The number of nitriles is 1. The van der Waals surface area contributed by atoms with Crippen molar-refractivity contribution in [1.29, 1.82) is 5.26 Å². The second-order valence-electron chi connectivity index (χ2n) is 6.22. The van der Waals surface area contributed by atoms with E-state index in [-0.39, 0.29) is 5.57 Å². The van der Waals surface area contributed by atoms with Gasteiger partial charge in [-0.25, -0.2) is 0 Å². The summed E-state index contributed by atoms with van der Waals surface area (Å²) in [6.45, 7) is 8.17. The molecule has 0 saturated carbocycles. The number of nitrogens with one attached hydrogen (secondary N) is 1. The van der Waals surface area contributed by atoms with Crippen LogP contribution in [0.1, 0.15) is 19.4 Å². The van der Waals surface area contributed by atoms with E-state index in [0.29, 0.717) is 39.9 Å². The van der Waals surface area contributed by atoms with Gasteiger partial charge in [-0.3, -0.25) is 10.1 Å². The largest absolute Gasteiger partial charge is 0.493 e. The van der Waals surface area contributed by atoms with E-state index in [0.717, 1.165) is 17.3 Å². The molecule has 0 saturated heterocycles. The van der Waals surface area contributed by atoms with Gasteiger partial charge in [0.05, 0.1) is 7.11 Å². The summed E-state index contributed by atoms with van der Waals surface area (Å²) in [5.74, 6) is 1.90. The van der Waals surface area contributed by atoms with Crippen molar-refractivity contribution in [2.24, 2.45) is 5.92 Å². The number of thioether (sulfide) groups is 1. The number of amides is 1. The van der Waals surface area contributed by atoms with Crippen LogP contribution in [0.25, 0.3) is 6.08 Å². The number of carbonyl (C=O) groups is 1. The van der Waals surface area contributed by atoms with E-state index in [2.05, 4.69) is 35.1 Å². The van der Waals surface area contributed by atoms with Gasteiger partial charge in [-0.1, -0.05) is 44.3 Å². The van der Waals surface area contributed by atoms with Gasteiger partial charge < -0.3 is 9.47 Å². The SMILES string of the molecule is C=CCOc1ccc(/C=C(/C#N)C(=O)Nc2nc(SCC(C)C)ns2)cc1OC. The highest BCUT2D eigenvalue weighted by molar-refractivity contribution is 7.99. The highest BCUT2D eigenvalue weighted by Gasteiger charge is 2.14. The molecule has 1 aromatic carbocycles. The van der Waals surface area contributed by atoms with Crippen molar-refractivity contribution < 1.29 is 14.3 Å². The van der Waals surface area contributed by atoms with E-state index in [1.807, 2.05) is 6.07 Å². The van der Waals surface area contributed by atoms with Gasteiger partial charge >= 0.3 is 0 Å². The molecule has 0 spiro atoms. The highest BCUT2D eigenvalue weighted by Crippen LogP contribution is 2.29. The Hall–Kier alpha value is -2.83. The zero-order valence-corrected chi connectivity index (χ0v) is 18.1. The Labute approximate surface area is 178 Å². The molecule has 0 radical (unpaired) electrons. The first-order valence-electron chi connectivity index (χ1n) is 8.78. The first-order chi connectivity index (χ1) is 14.0. The van der Waals surface area contributed by atoms with E-state index in [1.54, 1.807) is 24.3 Å². The minimum Gasteiger partial charge on any atom is -0.493 e. The van der Waals surface area contributed by atoms with Crippen LogP contribution in [0.5, 0.6) is 11.5 Å². The average Bonchev–Trinajstić information content (AvgIpc) is 3.16. The predicted octanol–water partition coefficient (Wildman–Crippen LogP) is 4.41. The summed E-state index contributed by atoms with van der Waals surface area (Å²) in [6, 6.07) is 7.05. The quantitative estimate of drug-likeness (QED) is 0.258. The van der Waals surface area contributed by atoms with Crippen molar-refractivity contribution >= 4 is 40.4 Å². The van der Waals surface area contributed by atoms with Gasteiger partial charge in [0.1, 0.15) is 18.2 Å². The van der Waals surface area contributed by atoms with Crippen molar-refractivity contribution in [1.82, 2.24) is 9.36 Å². The monoisotopic (exact) mass is 430 g/mol. The van der Waals surface area contributed by atoms with Crippen LogP contribution in [-0.4, -0.2) is 34.7 Å². The summed E-state index contributed by atoms with van der Waals surface area (Å²) in [6.07, 6.45) is 3.11. The van der Waals surface area contributed by atoms with E-state index in [4.69, 9.17) is 9.47 Å². The third-order valence-electron chi connectivity index (χ3n) is 3.39. The maximum atomic E-state index is 12.4. The Morgan fingerprint density at radius 3 is 2.90 bits per heavy atom. The first-order valence-corrected chi connectivity index (χ1v) is 10.5. The smallest absolute Gasteiger partial charge is 0.268 e. The molecule has 0 aliphatic carbocycles. The fourth-order valence-electron chi connectivity index (χ4n) is 2.08. The number of nitrogens with zero attached hydrogens (tertiary/aromatic N) is 3. The number of rotatable bonds is 10. The van der Waals surface area contributed by atoms with Gasteiger partial charge in [0, 0.05) is 17.3 Å². The second-order valence-corrected chi connectivity index (χ2v) is 7.96. The van der Waals surface area contributed by atoms with Gasteiger partial charge in [0.15, 0.2) is 11.5 Å². The van der Waals surface area contributed by atoms with Crippen molar-refractivity contribution in [2.75, 3.05) is 24.8 Å². The normalized spacial score (nSPS) is 11.1. The number of methoxy groups -OCH3 is 1. The Bertz CT molecular complexity index is 932. The summed E-state index contributed by atoms with van der Waals surface area (Å²) in [5, 5.41) is 13.0. The third-order valence-corrected chi connectivity index (χ3v) is 5.41. The van der Waals surface area contributed by atoms with E-state index in [9.17, 15) is 10.1 Å². The summed E-state index contributed by atoms with van der Waals surface area (Å²) in [4.78, 5) is 16.7. The molecule has 0 aliphatic rings. The zero-order valence-electron chi connectivity index (χ0n) is 16.5. The van der Waals surface area contributed by atoms with Crippen LogP contribution in [0.15, 0.2) is 41.6 Å². The molecule has 1 amide bonds. The Kier molecular flexibility index (Phi) is 8.70. The van der Waals surface area contributed by atoms with Gasteiger partial charge in [-0.2, -0.15) is 14.6 Å². The molecule has 0 fully saturated rings. The van der Waals surface area contributed by atoms with Crippen molar-refractivity contribution in [3.8, 4) is 17.6 Å². The molecular weight excluding hydrogens is 408 g/mol. The lowest BCUT2D eigenvalue weighted by Gasteiger charge is -2.10. The molecule has 2 rings (SSSR count). The summed E-state index contributed by atoms with van der Waals surface area (Å²) in [5.41, 5.74) is 0.573. The number of hydrogen-bond donors (Lipinski definition) is 1. The average molecular weight is 431 g/mol. The molecule has 1 heterocycles. The Balaban J connectivity index is 2.12. The Morgan fingerprint density at radius 1 is 1.45 bits per heavy atom. The minimum absolute atomic E-state index is 0.0570. The number of carbonyl (C=O) groups excluding carboxylic acids is 1. The minimum atomic E-state index is -0.546. The molecule has 29 heavy (non-hydrogen) atoms. The van der Waals surface area contributed by atoms with Gasteiger partial charge in [0.2, 0.25) is 10.3 Å². The first kappa shape index (κ1) is 22.5. The standard InChI is InChI=1S/C20H22N4O3S2/c1-5-8-27-16-7-6-14(10-17(16)26-4)9-15(11-21)18(25)22-19-23-20(24-29-19)28-12-13(2)3/h5-7,9-10,13H,1,8,12H2,2-4H3,(H,22,23,24,25)/b15-9-. The van der Waals surface area contributed by atoms with E-state index < -0.39 is 5.91 Å². The molecule has 1 N–H and O–H groups in total. The zero-order chi connectivity index (χ0) is 21.2. The van der Waals surface area contributed by atoms with Gasteiger partial charge in [0.25, 0.3) is 5.91 Å². The van der Waals surface area contributed by atoms with Crippen LogP contribution in [0, 0.1) is 17.2 Å². The number of aromatic nitrogens is 2. The Morgan fingerprint density at radius 2 is 2.24 bits per heavy atom. The summed E-state index contributed by atoms with van der Waals surface area (Å²) < 4.78 is 15.0. The molecule has 0 atom stereocenters. The lowest BCUT2D eigenvalue weighted by Crippen LogP contribution is -2.13. The third kappa shape index (κ3) is 6.93. The van der Waals surface area contributed by atoms with Crippen LogP contribution in [0.4, 0.5) is 5.13 Å². The summed E-state index contributed by atoms with van der Waals surface area (Å²) in [7, 11) is 1.52. The van der Waals surface area contributed by atoms with Gasteiger partial charge in [-0.15, -0.1) is 0 Å². The molecule has 0 bridgehead atoms. The number of ether oxygens (including phenoxy) is 2. The molecule has 0 unspecified atom stereocenters. The maximum Gasteiger partial charge on any atom is 0.268 e. The molecule has 1 aromatic heterocycles. The molecule has 0 aliphatic heterocycles. The van der Waals surface area contributed by atoms with Crippen LogP contribution in [-0.2, 0) is 4.79 Å². The van der Waals surface area contributed by atoms with Crippen LogP contribution in [0.3, 0.4) is 0 Å². The molecule has 9 heteroatoms. The molecule has 7 nitrogen and oxygen atoms in total. The summed E-state index contributed by atoms with van der Waals surface area (Å²) >= 11 is 2.61. The highest BCUT2D eigenvalue weighted by atomic mass is 32.2. The van der Waals surface area contributed by atoms with E-state index in [1.165, 1.54) is 24.9 Å². The second kappa shape index (κ2) is 11.2. The fourth-order valence-corrected chi connectivity index (χ4v) is 3.57. The van der Waals surface area contributed by atoms with Crippen LogP contribution >= 0.6 is 23.3 Å². The van der Waals surface area contributed by atoms with Crippen LogP contribution in [0.2, 0.25) is 0 Å². The molecule has 152 valence electrons. The molecular formula is C20H22N4O3S2. The lowest BCUT2D eigenvalue weighted by atomic mass is 10.1. The van der Waals surface area contributed by atoms with Gasteiger partial charge in [-0.05, 0) is 29.7 Å². The maximum absolute atomic E-state index is 12.4. The lowest BCUT2D eigenvalue weighted by molar-refractivity contribution is -0.112. The number of hydrogen-bond acceptors (Lipinski definition) is 8.